The van der Waals surface area contributed by atoms with E-state index in [0.29, 0.717) is 0 Å². The summed E-state index contributed by atoms with van der Waals surface area (Å²) in [6.07, 6.45) is 0.902. The summed E-state index contributed by atoms with van der Waals surface area (Å²) in [7, 11) is 0. The highest BCUT2D eigenvalue weighted by molar-refractivity contribution is 9.10. The van der Waals surface area contributed by atoms with Crippen molar-refractivity contribution in [2.24, 2.45) is 5.10 Å². The van der Waals surface area contributed by atoms with E-state index in [2.05, 4.69) is 72.0 Å². The Labute approximate surface area is 145 Å². The van der Waals surface area contributed by atoms with E-state index in [9.17, 15) is 0 Å². The number of nitrogens with zero attached hydrogens (tertiary/aromatic N) is 2. The molecular formula is C19H19BrN2O. The zero-order chi connectivity index (χ0) is 16.2. The largest absolute Gasteiger partial charge is 0.467 e. The SMILES string of the molecule is Cc1ccc(C2=NN3[C@@H](C2)c2cc(Br)ccc2OC3(C)C)cc1. The number of halogens is 1. The van der Waals surface area contributed by atoms with Crippen molar-refractivity contribution in [2.75, 3.05) is 0 Å². The Morgan fingerprint density at radius 1 is 1.17 bits per heavy atom. The fourth-order valence-corrected chi connectivity index (χ4v) is 3.74. The van der Waals surface area contributed by atoms with Gasteiger partial charge in [-0.15, -0.1) is 0 Å². The lowest BCUT2D eigenvalue weighted by molar-refractivity contribution is -0.0911. The van der Waals surface area contributed by atoms with Gasteiger partial charge < -0.3 is 4.74 Å². The Bertz CT molecular complexity index is 796. The van der Waals surface area contributed by atoms with E-state index in [1.54, 1.807) is 0 Å². The summed E-state index contributed by atoms with van der Waals surface area (Å²) in [6, 6.07) is 15.0. The van der Waals surface area contributed by atoms with Crippen LogP contribution >= 0.6 is 15.9 Å². The molecule has 4 heteroatoms. The van der Waals surface area contributed by atoms with Crippen molar-refractivity contribution in [1.82, 2.24) is 5.01 Å². The highest BCUT2D eigenvalue weighted by Gasteiger charge is 2.44. The Morgan fingerprint density at radius 2 is 1.91 bits per heavy atom. The van der Waals surface area contributed by atoms with Crippen molar-refractivity contribution in [3.05, 3.63) is 63.6 Å². The lowest BCUT2D eigenvalue weighted by Crippen LogP contribution is -2.48. The molecule has 0 radical (unpaired) electrons. The third-order valence-electron chi connectivity index (χ3n) is 4.54. The van der Waals surface area contributed by atoms with Gasteiger partial charge in [0.15, 0.2) is 5.72 Å². The second-order valence-electron chi connectivity index (χ2n) is 6.71. The monoisotopic (exact) mass is 370 g/mol. The van der Waals surface area contributed by atoms with E-state index in [1.807, 2.05) is 12.1 Å². The summed E-state index contributed by atoms with van der Waals surface area (Å²) >= 11 is 3.57. The number of benzene rings is 2. The summed E-state index contributed by atoms with van der Waals surface area (Å²) in [6.45, 7) is 6.26. The third kappa shape index (κ3) is 2.45. The average Bonchev–Trinajstić information content (AvgIpc) is 2.95. The topological polar surface area (TPSA) is 24.8 Å². The normalized spacial score (nSPS) is 21.3. The minimum Gasteiger partial charge on any atom is -0.467 e. The van der Waals surface area contributed by atoms with Gasteiger partial charge in [0.1, 0.15) is 5.75 Å². The highest BCUT2D eigenvalue weighted by atomic mass is 79.9. The third-order valence-corrected chi connectivity index (χ3v) is 5.03. The maximum absolute atomic E-state index is 6.19. The van der Waals surface area contributed by atoms with Gasteiger partial charge in [-0.05, 0) is 44.5 Å². The van der Waals surface area contributed by atoms with E-state index in [0.717, 1.165) is 22.4 Å². The Balaban J connectivity index is 1.77. The molecule has 0 aliphatic carbocycles. The molecule has 2 heterocycles. The zero-order valence-corrected chi connectivity index (χ0v) is 15.1. The van der Waals surface area contributed by atoms with E-state index >= 15 is 0 Å². The number of rotatable bonds is 1. The van der Waals surface area contributed by atoms with Crippen LogP contribution in [0.25, 0.3) is 0 Å². The van der Waals surface area contributed by atoms with Gasteiger partial charge in [-0.3, -0.25) is 0 Å². The molecule has 4 rings (SSSR count). The second-order valence-corrected chi connectivity index (χ2v) is 7.62. The van der Waals surface area contributed by atoms with Crippen LogP contribution in [0, 0.1) is 6.92 Å². The highest BCUT2D eigenvalue weighted by Crippen LogP contribution is 2.47. The minimum absolute atomic E-state index is 0.225. The average molecular weight is 371 g/mol. The van der Waals surface area contributed by atoms with Gasteiger partial charge in [-0.25, -0.2) is 5.01 Å². The minimum atomic E-state index is -0.446. The molecule has 0 saturated heterocycles. The number of hydrogen-bond donors (Lipinski definition) is 0. The first-order valence-electron chi connectivity index (χ1n) is 7.86. The first kappa shape index (κ1) is 14.8. The smallest absolute Gasteiger partial charge is 0.192 e. The van der Waals surface area contributed by atoms with Gasteiger partial charge in [0.2, 0.25) is 0 Å². The van der Waals surface area contributed by atoms with E-state index < -0.39 is 5.72 Å². The molecule has 0 unspecified atom stereocenters. The van der Waals surface area contributed by atoms with Gasteiger partial charge in [0, 0.05) is 16.5 Å². The van der Waals surface area contributed by atoms with Crippen molar-refractivity contribution in [2.45, 2.75) is 39.0 Å². The lowest BCUT2D eigenvalue weighted by atomic mass is 9.95. The van der Waals surface area contributed by atoms with Crippen molar-refractivity contribution in [3.8, 4) is 5.75 Å². The molecule has 3 nitrogen and oxygen atoms in total. The summed E-state index contributed by atoms with van der Waals surface area (Å²) in [5, 5.41) is 7.01. The van der Waals surface area contributed by atoms with E-state index in [-0.39, 0.29) is 6.04 Å². The first-order chi connectivity index (χ1) is 10.9. The van der Waals surface area contributed by atoms with Crippen LogP contribution in [0.3, 0.4) is 0 Å². The van der Waals surface area contributed by atoms with Crippen molar-refractivity contribution in [3.63, 3.8) is 0 Å². The molecule has 2 aromatic carbocycles. The van der Waals surface area contributed by atoms with Crippen LogP contribution in [0.1, 0.15) is 43.0 Å². The predicted octanol–water partition coefficient (Wildman–Crippen LogP) is 5.04. The number of ether oxygens (including phenoxy) is 1. The Kier molecular flexibility index (Phi) is 3.27. The van der Waals surface area contributed by atoms with Crippen LogP contribution in [0.5, 0.6) is 5.75 Å². The van der Waals surface area contributed by atoms with Gasteiger partial charge in [0.25, 0.3) is 0 Å². The van der Waals surface area contributed by atoms with Gasteiger partial charge in [0.05, 0.1) is 11.8 Å². The molecule has 0 bridgehead atoms. The molecular weight excluding hydrogens is 352 g/mol. The molecule has 2 aromatic rings. The summed E-state index contributed by atoms with van der Waals surface area (Å²) < 4.78 is 7.26. The Hall–Kier alpha value is -1.81. The fraction of sp³-hybridized carbons (Fsp3) is 0.316. The molecule has 118 valence electrons. The number of aryl methyl sites for hydroxylation is 1. The standard InChI is InChI=1S/C19H19BrN2O/c1-12-4-6-13(7-5-12)16-11-17-15-10-14(20)8-9-18(15)23-19(2,3)22(17)21-16/h4-10,17H,11H2,1-3H3/t17-/m0/s1. The predicted molar refractivity (Wildman–Crippen MR) is 95.8 cm³/mol. The van der Waals surface area contributed by atoms with Gasteiger partial charge >= 0.3 is 0 Å². The van der Waals surface area contributed by atoms with E-state index in [4.69, 9.17) is 9.84 Å². The van der Waals surface area contributed by atoms with Crippen LogP contribution in [0.4, 0.5) is 0 Å². The number of fused-ring (bicyclic) bond motifs is 3. The molecule has 23 heavy (non-hydrogen) atoms. The van der Waals surface area contributed by atoms with Crippen LogP contribution in [0.2, 0.25) is 0 Å². The van der Waals surface area contributed by atoms with Crippen LogP contribution in [-0.2, 0) is 0 Å². The van der Waals surface area contributed by atoms with Crippen LogP contribution in [-0.4, -0.2) is 16.4 Å². The van der Waals surface area contributed by atoms with Gasteiger partial charge in [-0.2, -0.15) is 5.10 Å². The molecule has 0 spiro atoms. The summed E-state index contributed by atoms with van der Waals surface area (Å²) in [5.74, 6) is 0.958. The molecule has 2 aliphatic rings. The second kappa shape index (κ2) is 5.10. The van der Waals surface area contributed by atoms with Crippen molar-refractivity contribution < 1.29 is 4.74 Å². The molecule has 0 saturated carbocycles. The quantitative estimate of drug-likeness (QED) is 0.702. The summed E-state index contributed by atoms with van der Waals surface area (Å²) in [5.41, 5.74) is 4.34. The molecule has 0 fully saturated rings. The van der Waals surface area contributed by atoms with Crippen molar-refractivity contribution in [1.29, 1.82) is 0 Å². The maximum Gasteiger partial charge on any atom is 0.192 e. The van der Waals surface area contributed by atoms with Crippen molar-refractivity contribution >= 4 is 21.6 Å². The molecule has 0 N–H and O–H groups in total. The molecule has 2 aliphatic heterocycles. The lowest BCUT2D eigenvalue weighted by Gasteiger charge is -2.43. The fourth-order valence-electron chi connectivity index (χ4n) is 3.36. The maximum atomic E-state index is 6.19. The Morgan fingerprint density at radius 3 is 2.65 bits per heavy atom. The molecule has 0 amide bonds. The zero-order valence-electron chi connectivity index (χ0n) is 13.5. The van der Waals surface area contributed by atoms with Gasteiger partial charge in [-0.1, -0.05) is 45.8 Å². The number of hydrogen-bond acceptors (Lipinski definition) is 3. The van der Waals surface area contributed by atoms with Crippen LogP contribution in [0.15, 0.2) is 52.0 Å². The molecule has 0 aromatic heterocycles. The number of hydrazone groups is 1. The van der Waals surface area contributed by atoms with Crippen LogP contribution < -0.4 is 4.74 Å². The van der Waals surface area contributed by atoms with E-state index in [1.165, 1.54) is 16.7 Å². The first-order valence-corrected chi connectivity index (χ1v) is 8.66. The molecule has 1 atom stereocenters. The summed E-state index contributed by atoms with van der Waals surface area (Å²) in [4.78, 5) is 0.